The van der Waals surface area contributed by atoms with Crippen LogP contribution in [0.3, 0.4) is 0 Å². The summed E-state index contributed by atoms with van der Waals surface area (Å²) in [6.45, 7) is 2.04. The van der Waals surface area contributed by atoms with E-state index < -0.39 is 23.3 Å². The van der Waals surface area contributed by atoms with Gasteiger partial charge in [0.2, 0.25) is 0 Å². The van der Waals surface area contributed by atoms with Crippen LogP contribution in [-0.2, 0) is 17.5 Å². The highest BCUT2D eigenvalue weighted by atomic mass is 32.2. The first-order valence-electron chi connectivity index (χ1n) is 7.06. The summed E-state index contributed by atoms with van der Waals surface area (Å²) in [4.78, 5) is 12.5. The maximum atomic E-state index is 12.5. The number of halogens is 2. The molecule has 25 heavy (non-hydrogen) atoms. The molecule has 0 aliphatic rings. The molecule has 1 unspecified atom stereocenters. The Morgan fingerprint density at radius 1 is 1.28 bits per heavy atom. The lowest BCUT2D eigenvalue weighted by Crippen LogP contribution is -2.26. The molecule has 0 fully saturated rings. The molecule has 3 heterocycles. The van der Waals surface area contributed by atoms with Crippen molar-refractivity contribution in [2.75, 3.05) is 10.1 Å². The Hall–Kier alpha value is -2.34. The summed E-state index contributed by atoms with van der Waals surface area (Å²) >= 11 is 1.19. The molecular weight excluding hydrogens is 374 g/mol. The largest absolute Gasteiger partial charge is 0.414 e. The van der Waals surface area contributed by atoms with Gasteiger partial charge in [0, 0.05) is 5.75 Å². The van der Waals surface area contributed by atoms with Crippen LogP contribution in [0.4, 0.5) is 14.5 Å². The Balaban J connectivity index is 1.81. The quantitative estimate of drug-likeness (QED) is 0.615. The Morgan fingerprint density at radius 2 is 2.04 bits per heavy atom. The van der Waals surface area contributed by atoms with Crippen LogP contribution in [0, 0.1) is 0 Å². The highest BCUT2D eigenvalue weighted by Gasteiger charge is 2.20. The van der Waals surface area contributed by atoms with E-state index in [-0.39, 0.29) is 12.4 Å². The topological polar surface area (TPSA) is 97.9 Å². The van der Waals surface area contributed by atoms with E-state index in [0.29, 0.717) is 21.3 Å². The van der Waals surface area contributed by atoms with Crippen LogP contribution in [-0.4, -0.2) is 35.1 Å². The number of hydrogen-bond donors (Lipinski definition) is 0. The minimum Gasteiger partial charge on any atom is -0.414 e. The van der Waals surface area contributed by atoms with E-state index in [1.807, 2.05) is 0 Å². The Labute approximate surface area is 147 Å². The van der Waals surface area contributed by atoms with E-state index in [9.17, 15) is 13.0 Å². The third-order valence-corrected chi connectivity index (χ3v) is 5.29. The molecule has 132 valence electrons. The van der Waals surface area contributed by atoms with Crippen LogP contribution in [0.1, 0.15) is 24.2 Å². The van der Waals surface area contributed by atoms with Gasteiger partial charge in [0.1, 0.15) is 27.2 Å². The maximum Gasteiger partial charge on any atom is 0.314 e. The standard InChI is InChI=1S/C13H12F2N6O2S2/c1-2-25(22)21(8-3-16-7-17-4-8)6-10-18-5-9(24-10)12-19-20-13(23-12)11(14)15/h3-5,7,11H,2,6H2,1H3. The molecule has 12 heteroatoms. The first kappa shape index (κ1) is 17.5. The van der Waals surface area contributed by atoms with E-state index in [4.69, 9.17) is 4.42 Å². The van der Waals surface area contributed by atoms with Crippen LogP contribution in [0.25, 0.3) is 10.8 Å². The average molecular weight is 386 g/mol. The predicted molar refractivity (Wildman–Crippen MR) is 87.3 cm³/mol. The van der Waals surface area contributed by atoms with Gasteiger partial charge in [0.15, 0.2) is 0 Å². The number of anilines is 1. The summed E-state index contributed by atoms with van der Waals surface area (Å²) < 4.78 is 43.9. The van der Waals surface area contributed by atoms with Crippen molar-refractivity contribution < 1.29 is 17.4 Å². The number of nitrogens with zero attached hydrogens (tertiary/aromatic N) is 6. The van der Waals surface area contributed by atoms with Crippen molar-refractivity contribution in [3.63, 3.8) is 0 Å². The van der Waals surface area contributed by atoms with Gasteiger partial charge >= 0.3 is 6.43 Å². The lowest BCUT2D eigenvalue weighted by atomic mass is 10.5. The van der Waals surface area contributed by atoms with Crippen LogP contribution in [0.2, 0.25) is 0 Å². The fourth-order valence-electron chi connectivity index (χ4n) is 1.88. The molecule has 0 N–H and O–H groups in total. The lowest BCUT2D eigenvalue weighted by molar-refractivity contribution is 0.116. The van der Waals surface area contributed by atoms with Gasteiger partial charge in [0.25, 0.3) is 11.8 Å². The smallest absolute Gasteiger partial charge is 0.314 e. The van der Waals surface area contributed by atoms with Crippen LogP contribution >= 0.6 is 11.3 Å². The third-order valence-electron chi connectivity index (χ3n) is 3.00. The molecule has 3 aromatic rings. The number of aromatic nitrogens is 5. The lowest BCUT2D eigenvalue weighted by Gasteiger charge is -2.20. The molecule has 0 bridgehead atoms. The maximum absolute atomic E-state index is 12.5. The zero-order valence-corrected chi connectivity index (χ0v) is 14.5. The highest BCUT2D eigenvalue weighted by molar-refractivity contribution is 7.86. The predicted octanol–water partition coefficient (Wildman–Crippen LogP) is 2.61. The van der Waals surface area contributed by atoms with Gasteiger partial charge in [-0.15, -0.1) is 21.5 Å². The van der Waals surface area contributed by atoms with E-state index >= 15 is 0 Å². The van der Waals surface area contributed by atoms with Crippen molar-refractivity contribution in [2.24, 2.45) is 0 Å². The Kier molecular flexibility index (Phi) is 5.38. The summed E-state index contributed by atoms with van der Waals surface area (Å²) in [5.74, 6) is -0.348. The molecule has 1 atom stereocenters. The number of alkyl halides is 2. The molecule has 8 nitrogen and oxygen atoms in total. The molecule has 0 radical (unpaired) electrons. The molecule has 3 rings (SSSR count). The summed E-state index contributed by atoms with van der Waals surface area (Å²) in [6, 6.07) is 0. The van der Waals surface area contributed by atoms with Crippen molar-refractivity contribution in [2.45, 2.75) is 19.9 Å². The Bertz CT molecular complexity index is 857. The second kappa shape index (κ2) is 7.70. The summed E-state index contributed by atoms with van der Waals surface area (Å²) in [6.07, 6.45) is 3.13. The zero-order chi connectivity index (χ0) is 17.8. The van der Waals surface area contributed by atoms with E-state index in [1.165, 1.54) is 23.9 Å². The van der Waals surface area contributed by atoms with Crippen molar-refractivity contribution in [1.29, 1.82) is 0 Å². The van der Waals surface area contributed by atoms with Gasteiger partial charge in [-0.05, 0) is 0 Å². The van der Waals surface area contributed by atoms with E-state index in [1.54, 1.807) is 23.6 Å². The minimum atomic E-state index is -2.82. The summed E-state index contributed by atoms with van der Waals surface area (Å²) in [5, 5.41) is 7.49. The molecule has 0 saturated heterocycles. The Morgan fingerprint density at radius 3 is 2.68 bits per heavy atom. The average Bonchev–Trinajstić information content (AvgIpc) is 3.29. The minimum absolute atomic E-state index is 0.0229. The van der Waals surface area contributed by atoms with Crippen molar-refractivity contribution >= 4 is 28.0 Å². The van der Waals surface area contributed by atoms with Crippen LogP contribution in [0.15, 0.2) is 29.3 Å². The number of rotatable bonds is 7. The highest BCUT2D eigenvalue weighted by Crippen LogP contribution is 2.29. The first-order chi connectivity index (χ1) is 12.1. The van der Waals surface area contributed by atoms with Crippen molar-refractivity contribution in [3.05, 3.63) is 35.8 Å². The monoisotopic (exact) mass is 386 g/mol. The van der Waals surface area contributed by atoms with Gasteiger partial charge in [-0.3, -0.25) is 4.31 Å². The van der Waals surface area contributed by atoms with Gasteiger partial charge in [0.05, 0.1) is 30.8 Å². The molecular formula is C13H12F2N6O2S2. The summed E-state index contributed by atoms with van der Waals surface area (Å²) in [7, 11) is -1.28. The van der Waals surface area contributed by atoms with Gasteiger partial charge in [-0.2, -0.15) is 8.78 Å². The fraction of sp³-hybridized carbons (Fsp3) is 0.308. The van der Waals surface area contributed by atoms with Gasteiger partial charge in [-0.1, -0.05) is 6.92 Å². The molecule has 3 aromatic heterocycles. The van der Waals surface area contributed by atoms with Crippen LogP contribution < -0.4 is 4.31 Å². The molecule has 0 amide bonds. The first-order valence-corrected chi connectivity index (χ1v) is 9.15. The van der Waals surface area contributed by atoms with E-state index in [2.05, 4.69) is 25.1 Å². The fourth-order valence-corrected chi connectivity index (χ4v) is 3.70. The summed E-state index contributed by atoms with van der Waals surface area (Å²) in [5.41, 5.74) is 0.595. The second-order valence-corrected chi connectivity index (χ2v) is 7.38. The number of thiazole rings is 1. The SMILES string of the molecule is CCS(=O)N(Cc1ncc(-c2nnc(C(F)F)o2)s1)c1cncnc1. The number of hydrogen-bond acceptors (Lipinski definition) is 8. The van der Waals surface area contributed by atoms with Gasteiger partial charge in [-0.25, -0.2) is 19.2 Å². The second-order valence-electron chi connectivity index (χ2n) is 4.61. The molecule has 0 aliphatic heterocycles. The van der Waals surface area contributed by atoms with Crippen molar-refractivity contribution in [3.8, 4) is 10.8 Å². The third kappa shape index (κ3) is 4.02. The molecule has 0 aromatic carbocycles. The van der Waals surface area contributed by atoms with Gasteiger partial charge < -0.3 is 4.42 Å². The molecule has 0 aliphatic carbocycles. The molecule has 0 saturated carbocycles. The van der Waals surface area contributed by atoms with Crippen molar-refractivity contribution in [1.82, 2.24) is 25.1 Å². The van der Waals surface area contributed by atoms with Crippen LogP contribution in [0.5, 0.6) is 0 Å². The van der Waals surface area contributed by atoms with E-state index in [0.717, 1.165) is 0 Å². The normalized spacial score (nSPS) is 12.5. The zero-order valence-electron chi connectivity index (χ0n) is 12.9. The molecule has 0 spiro atoms.